The molecule has 4 nitrogen and oxygen atoms in total. The first-order chi connectivity index (χ1) is 6.72. The second kappa shape index (κ2) is 3.55. The highest BCUT2D eigenvalue weighted by Gasteiger charge is 2.32. The van der Waals surface area contributed by atoms with Gasteiger partial charge in [-0.2, -0.15) is 0 Å². The molecule has 0 unspecified atom stereocenters. The summed E-state index contributed by atoms with van der Waals surface area (Å²) in [6.45, 7) is 1.65. The van der Waals surface area contributed by atoms with Crippen LogP contribution in [0.1, 0.15) is 18.4 Å². The van der Waals surface area contributed by atoms with Gasteiger partial charge in [-0.1, -0.05) is 6.07 Å². The van der Waals surface area contributed by atoms with Crippen molar-refractivity contribution in [2.45, 2.75) is 18.4 Å². The normalized spacial score (nSPS) is 20.6. The smallest absolute Gasteiger partial charge is 0.129 e. The predicted molar refractivity (Wildman–Crippen MR) is 54.6 cm³/mol. The zero-order valence-corrected chi connectivity index (χ0v) is 8.03. The molecule has 1 aliphatic rings. The lowest BCUT2D eigenvalue weighted by molar-refractivity contribution is 0.00642. The van der Waals surface area contributed by atoms with Crippen LogP contribution in [-0.2, 0) is 5.60 Å². The summed E-state index contributed by atoms with van der Waals surface area (Å²) in [7, 11) is 0. The van der Waals surface area contributed by atoms with Gasteiger partial charge in [0.25, 0.3) is 0 Å². The zero-order chi connectivity index (χ0) is 10.0. The summed E-state index contributed by atoms with van der Waals surface area (Å²) in [4.78, 5) is 4.00. The molecular weight excluding hydrogens is 178 g/mol. The van der Waals surface area contributed by atoms with Crippen molar-refractivity contribution in [1.29, 1.82) is 0 Å². The molecule has 0 aromatic carbocycles. The lowest BCUT2D eigenvalue weighted by atomic mass is 9.85. The van der Waals surface area contributed by atoms with Crippen LogP contribution in [0.3, 0.4) is 0 Å². The fourth-order valence-corrected chi connectivity index (χ4v) is 1.92. The third-order valence-corrected chi connectivity index (χ3v) is 2.77. The van der Waals surface area contributed by atoms with Crippen LogP contribution in [-0.4, -0.2) is 23.2 Å². The maximum Gasteiger partial charge on any atom is 0.129 e. The molecule has 0 amide bonds. The minimum absolute atomic E-state index is 0.442. The van der Waals surface area contributed by atoms with Crippen molar-refractivity contribution < 1.29 is 5.11 Å². The first-order valence-corrected chi connectivity index (χ1v) is 4.86. The average Bonchev–Trinajstić information content (AvgIpc) is 2.19. The highest BCUT2D eigenvalue weighted by Crippen LogP contribution is 2.32. The third-order valence-electron chi connectivity index (χ3n) is 2.77. The SMILES string of the molecule is Nc1ncccc1C1(O)CCNCC1. The number of nitrogens with two attached hydrogens (primary N) is 1. The number of rotatable bonds is 1. The molecule has 0 spiro atoms. The molecule has 0 aliphatic carbocycles. The van der Waals surface area contributed by atoms with Crippen LogP contribution in [0.4, 0.5) is 5.82 Å². The standard InChI is InChI=1S/C10H15N3O/c11-9-8(2-1-5-13-9)10(14)3-6-12-7-4-10/h1-2,5,12,14H,3-4,6-7H2,(H2,11,13). The van der Waals surface area contributed by atoms with Crippen LogP contribution < -0.4 is 11.1 Å². The van der Waals surface area contributed by atoms with E-state index < -0.39 is 5.60 Å². The molecule has 0 saturated carbocycles. The van der Waals surface area contributed by atoms with E-state index in [-0.39, 0.29) is 0 Å². The molecule has 14 heavy (non-hydrogen) atoms. The minimum Gasteiger partial charge on any atom is -0.385 e. The van der Waals surface area contributed by atoms with Gasteiger partial charge in [-0.15, -0.1) is 0 Å². The monoisotopic (exact) mass is 193 g/mol. The maximum atomic E-state index is 10.4. The van der Waals surface area contributed by atoms with Gasteiger partial charge in [0.2, 0.25) is 0 Å². The van der Waals surface area contributed by atoms with Crippen molar-refractivity contribution in [2.24, 2.45) is 0 Å². The Labute approximate surface area is 83.2 Å². The number of nitrogens with zero attached hydrogens (tertiary/aromatic N) is 1. The fourth-order valence-electron chi connectivity index (χ4n) is 1.92. The van der Waals surface area contributed by atoms with E-state index in [9.17, 15) is 5.11 Å². The van der Waals surface area contributed by atoms with E-state index in [1.165, 1.54) is 0 Å². The van der Waals surface area contributed by atoms with Crippen molar-refractivity contribution >= 4 is 5.82 Å². The quantitative estimate of drug-likeness (QED) is 0.597. The Bertz CT molecular complexity index is 321. The van der Waals surface area contributed by atoms with E-state index in [1.807, 2.05) is 12.1 Å². The summed E-state index contributed by atoms with van der Waals surface area (Å²) in [6, 6.07) is 3.67. The van der Waals surface area contributed by atoms with Crippen LogP contribution in [0.2, 0.25) is 0 Å². The molecule has 76 valence electrons. The van der Waals surface area contributed by atoms with E-state index in [2.05, 4.69) is 10.3 Å². The van der Waals surface area contributed by atoms with Crippen molar-refractivity contribution in [3.8, 4) is 0 Å². The van der Waals surface area contributed by atoms with Gasteiger partial charge in [0.05, 0.1) is 5.60 Å². The number of pyridine rings is 1. The number of anilines is 1. The predicted octanol–water partition coefficient (Wildman–Crippen LogP) is 0.235. The topological polar surface area (TPSA) is 71.2 Å². The number of piperidine rings is 1. The highest BCUT2D eigenvalue weighted by atomic mass is 16.3. The van der Waals surface area contributed by atoms with Gasteiger partial charge in [-0.3, -0.25) is 0 Å². The third kappa shape index (κ3) is 1.58. The second-order valence-corrected chi connectivity index (χ2v) is 3.72. The van der Waals surface area contributed by atoms with Crippen molar-refractivity contribution in [3.63, 3.8) is 0 Å². The minimum atomic E-state index is -0.788. The van der Waals surface area contributed by atoms with Crippen LogP contribution in [0.25, 0.3) is 0 Å². The van der Waals surface area contributed by atoms with Gasteiger partial charge in [0.1, 0.15) is 5.82 Å². The Morgan fingerprint density at radius 1 is 1.43 bits per heavy atom. The number of aliphatic hydroxyl groups is 1. The Kier molecular flexibility index (Phi) is 2.39. The Morgan fingerprint density at radius 3 is 2.79 bits per heavy atom. The van der Waals surface area contributed by atoms with E-state index >= 15 is 0 Å². The summed E-state index contributed by atoms with van der Waals surface area (Å²) in [5.74, 6) is 0.442. The van der Waals surface area contributed by atoms with Crippen LogP contribution >= 0.6 is 0 Å². The van der Waals surface area contributed by atoms with Crippen molar-refractivity contribution in [3.05, 3.63) is 23.9 Å². The molecule has 1 aromatic heterocycles. The highest BCUT2D eigenvalue weighted by molar-refractivity contribution is 5.43. The largest absolute Gasteiger partial charge is 0.385 e. The molecule has 0 bridgehead atoms. The number of nitrogen functional groups attached to an aromatic ring is 1. The van der Waals surface area contributed by atoms with Gasteiger partial charge >= 0.3 is 0 Å². The molecule has 1 aromatic rings. The molecule has 0 radical (unpaired) electrons. The molecule has 2 heterocycles. The van der Waals surface area contributed by atoms with Gasteiger partial charge in [0, 0.05) is 11.8 Å². The van der Waals surface area contributed by atoms with E-state index in [4.69, 9.17) is 5.73 Å². The van der Waals surface area contributed by atoms with Gasteiger partial charge in [-0.05, 0) is 32.0 Å². The maximum absolute atomic E-state index is 10.4. The fraction of sp³-hybridized carbons (Fsp3) is 0.500. The van der Waals surface area contributed by atoms with Crippen LogP contribution in [0, 0.1) is 0 Å². The molecule has 0 atom stereocenters. The van der Waals surface area contributed by atoms with Crippen LogP contribution in [0.5, 0.6) is 0 Å². The molecule has 2 rings (SSSR count). The summed E-state index contributed by atoms with van der Waals surface area (Å²) >= 11 is 0. The zero-order valence-electron chi connectivity index (χ0n) is 8.03. The van der Waals surface area contributed by atoms with Crippen molar-refractivity contribution in [2.75, 3.05) is 18.8 Å². The van der Waals surface area contributed by atoms with Gasteiger partial charge in [-0.25, -0.2) is 4.98 Å². The van der Waals surface area contributed by atoms with E-state index in [0.29, 0.717) is 18.7 Å². The van der Waals surface area contributed by atoms with Crippen molar-refractivity contribution in [1.82, 2.24) is 10.3 Å². The summed E-state index contributed by atoms with van der Waals surface area (Å²) in [5.41, 5.74) is 5.72. The van der Waals surface area contributed by atoms with E-state index in [1.54, 1.807) is 6.20 Å². The first kappa shape index (κ1) is 9.43. The Hall–Kier alpha value is -1.13. The number of aromatic nitrogens is 1. The molecule has 4 N–H and O–H groups in total. The number of nitrogens with one attached hydrogen (secondary N) is 1. The second-order valence-electron chi connectivity index (χ2n) is 3.72. The molecular formula is C10H15N3O. The Morgan fingerprint density at radius 2 is 2.14 bits per heavy atom. The number of hydrogen-bond acceptors (Lipinski definition) is 4. The Balaban J connectivity index is 2.32. The van der Waals surface area contributed by atoms with Gasteiger partial charge < -0.3 is 16.2 Å². The molecule has 1 saturated heterocycles. The molecule has 1 aliphatic heterocycles. The number of hydrogen-bond donors (Lipinski definition) is 3. The average molecular weight is 193 g/mol. The van der Waals surface area contributed by atoms with Gasteiger partial charge in [0.15, 0.2) is 0 Å². The van der Waals surface area contributed by atoms with E-state index in [0.717, 1.165) is 18.7 Å². The molecule has 1 fully saturated rings. The summed E-state index contributed by atoms with van der Waals surface area (Å²) in [6.07, 6.45) is 3.04. The lowest BCUT2D eigenvalue weighted by Crippen LogP contribution is -2.40. The lowest BCUT2D eigenvalue weighted by Gasteiger charge is -2.33. The summed E-state index contributed by atoms with van der Waals surface area (Å²) in [5, 5.41) is 13.6. The first-order valence-electron chi connectivity index (χ1n) is 4.86. The molecule has 4 heteroatoms. The summed E-state index contributed by atoms with van der Waals surface area (Å²) < 4.78 is 0. The van der Waals surface area contributed by atoms with Crippen LogP contribution in [0.15, 0.2) is 18.3 Å².